The molecule has 2 aliphatic rings. The summed E-state index contributed by atoms with van der Waals surface area (Å²) in [5.74, 6) is -2.72. The fourth-order valence-corrected chi connectivity index (χ4v) is 4.36. The molecule has 190 valence electrons. The van der Waals surface area contributed by atoms with Gasteiger partial charge in [0.1, 0.15) is 11.6 Å². The summed E-state index contributed by atoms with van der Waals surface area (Å²) in [5, 5.41) is 10.2. The molecule has 0 bridgehead atoms. The summed E-state index contributed by atoms with van der Waals surface area (Å²) < 4.78 is 86.8. The number of benzene rings is 1. The van der Waals surface area contributed by atoms with Gasteiger partial charge in [0.2, 0.25) is 0 Å². The van der Waals surface area contributed by atoms with Crippen LogP contribution in [0.2, 0.25) is 0 Å². The average Bonchev–Trinajstić information content (AvgIpc) is 3.18. The van der Waals surface area contributed by atoms with Crippen LogP contribution in [0.5, 0.6) is 0 Å². The summed E-state index contributed by atoms with van der Waals surface area (Å²) in [6.07, 6.45) is -6.42. The highest BCUT2D eigenvalue weighted by molar-refractivity contribution is 6.04. The van der Waals surface area contributed by atoms with E-state index in [0.717, 1.165) is 6.08 Å². The van der Waals surface area contributed by atoms with Crippen LogP contribution in [0.1, 0.15) is 12.0 Å². The highest BCUT2D eigenvalue weighted by atomic mass is 19.4. The monoisotopic (exact) mass is 509 g/mol. The smallest absolute Gasteiger partial charge is 0.378 e. The molecule has 1 saturated heterocycles. The van der Waals surface area contributed by atoms with Crippen molar-refractivity contribution in [3.63, 3.8) is 0 Å². The summed E-state index contributed by atoms with van der Waals surface area (Å²) in [6, 6.07) is 8.68. The summed E-state index contributed by atoms with van der Waals surface area (Å²) in [5.41, 5.74) is -0.485. The molecule has 36 heavy (non-hydrogen) atoms. The number of carbonyl (C=O) groups is 1. The van der Waals surface area contributed by atoms with Gasteiger partial charge in [-0.05, 0) is 30.2 Å². The molecule has 0 radical (unpaired) electrons. The molecule has 1 aliphatic carbocycles. The van der Waals surface area contributed by atoms with E-state index in [1.165, 1.54) is 21.7 Å². The van der Waals surface area contributed by atoms with Gasteiger partial charge in [0.05, 0.1) is 24.7 Å². The minimum Gasteiger partial charge on any atom is -0.378 e. The van der Waals surface area contributed by atoms with Crippen molar-refractivity contribution in [3.05, 3.63) is 64.9 Å². The number of alkyl halides is 6. The molecule has 0 saturated carbocycles. The number of nitrogens with zero attached hydrogens (tertiary/aromatic N) is 3. The Morgan fingerprint density at radius 3 is 2.47 bits per heavy atom. The maximum atomic E-state index is 13.4. The second kappa shape index (κ2) is 9.85. The van der Waals surface area contributed by atoms with Crippen LogP contribution < -0.4 is 0 Å². The predicted molar refractivity (Wildman–Crippen MR) is 119 cm³/mol. The standard InChI is InChI=1S/C25H21F6N3O2/c26-24(27,28)19-9-16(10-20(12-19)25(29,30)31)14-34-15-18(21-3-1-2-4-22(21)34)11-17(13-32)23(35)33-5-7-36-8-6-33/h1-4,9,11-12,15,20H,5-8,10,14H2/b17-11+. The first-order valence-electron chi connectivity index (χ1n) is 11.1. The first kappa shape index (κ1) is 25.6. The lowest BCUT2D eigenvalue weighted by atomic mass is 9.89. The first-order valence-corrected chi connectivity index (χ1v) is 11.1. The molecule has 1 aromatic heterocycles. The topological polar surface area (TPSA) is 58.3 Å². The van der Waals surface area contributed by atoms with Crippen LogP contribution in [0.15, 0.2) is 59.3 Å². The molecule has 1 atom stereocenters. The second-order valence-electron chi connectivity index (χ2n) is 8.58. The number of hydrogen-bond donors (Lipinski definition) is 0. The second-order valence-corrected chi connectivity index (χ2v) is 8.58. The molecule has 11 heteroatoms. The maximum Gasteiger partial charge on any atom is 0.416 e. The number of para-hydroxylation sites is 1. The SMILES string of the molecule is N#C/C(=C\c1cn(CC2=CC(C(F)(F)F)=CC(C(F)(F)F)C2)c2ccccc12)C(=O)N1CCOCC1. The number of nitriles is 1. The molecule has 0 N–H and O–H groups in total. The van der Waals surface area contributed by atoms with Crippen molar-refractivity contribution in [3.8, 4) is 6.07 Å². The van der Waals surface area contributed by atoms with Crippen LogP contribution in [-0.2, 0) is 16.1 Å². The van der Waals surface area contributed by atoms with Crippen LogP contribution in [0, 0.1) is 17.2 Å². The summed E-state index contributed by atoms with van der Waals surface area (Å²) in [7, 11) is 0. The fourth-order valence-electron chi connectivity index (χ4n) is 4.36. The number of rotatable bonds is 4. The molecule has 4 rings (SSSR count). The molecule has 1 fully saturated rings. The summed E-state index contributed by atoms with van der Waals surface area (Å²) in [4.78, 5) is 14.3. The molecule has 1 amide bonds. The van der Waals surface area contributed by atoms with Crippen LogP contribution in [-0.4, -0.2) is 54.0 Å². The van der Waals surface area contributed by atoms with E-state index in [-0.39, 0.29) is 23.8 Å². The largest absolute Gasteiger partial charge is 0.416 e. The van der Waals surface area contributed by atoms with Gasteiger partial charge in [-0.15, -0.1) is 0 Å². The molecule has 1 aromatic carbocycles. The van der Waals surface area contributed by atoms with Crippen LogP contribution in [0.4, 0.5) is 26.3 Å². The zero-order valence-corrected chi connectivity index (χ0v) is 18.9. The lowest BCUT2D eigenvalue weighted by molar-refractivity contribution is -0.162. The van der Waals surface area contributed by atoms with Crippen molar-refractivity contribution in [1.29, 1.82) is 5.26 Å². The highest BCUT2D eigenvalue weighted by Gasteiger charge is 2.44. The number of carbonyl (C=O) groups excluding carboxylic acids is 1. The highest BCUT2D eigenvalue weighted by Crippen LogP contribution is 2.41. The van der Waals surface area contributed by atoms with E-state index in [4.69, 9.17) is 4.74 Å². The van der Waals surface area contributed by atoms with E-state index in [0.29, 0.717) is 42.8 Å². The van der Waals surface area contributed by atoms with E-state index in [9.17, 15) is 36.4 Å². The molecule has 5 nitrogen and oxygen atoms in total. The van der Waals surface area contributed by atoms with Crippen molar-refractivity contribution >= 4 is 22.9 Å². The number of hydrogen-bond acceptors (Lipinski definition) is 3. The third-order valence-corrected chi connectivity index (χ3v) is 6.11. The van der Waals surface area contributed by atoms with Gasteiger partial charge in [-0.1, -0.05) is 24.3 Å². The Bertz CT molecular complexity index is 1290. The number of allylic oxidation sites excluding steroid dienone is 4. The third-order valence-electron chi connectivity index (χ3n) is 6.11. The van der Waals surface area contributed by atoms with Gasteiger partial charge in [-0.2, -0.15) is 31.6 Å². The molecule has 2 aromatic rings. The van der Waals surface area contributed by atoms with Gasteiger partial charge in [0.15, 0.2) is 0 Å². The lowest BCUT2D eigenvalue weighted by Gasteiger charge is -2.26. The van der Waals surface area contributed by atoms with E-state index >= 15 is 0 Å². The Labute approximate surface area is 202 Å². The number of morpholine rings is 1. The fraction of sp³-hybridized carbons (Fsp3) is 0.360. The van der Waals surface area contributed by atoms with Crippen LogP contribution in [0.25, 0.3) is 17.0 Å². The molecular formula is C25H21F6N3O2. The quantitative estimate of drug-likeness (QED) is 0.315. The van der Waals surface area contributed by atoms with E-state index < -0.39 is 36.2 Å². The molecule has 2 heterocycles. The van der Waals surface area contributed by atoms with E-state index in [2.05, 4.69) is 0 Å². The Hall–Kier alpha value is -3.52. The third kappa shape index (κ3) is 5.49. The van der Waals surface area contributed by atoms with Gasteiger partial charge >= 0.3 is 12.4 Å². The number of amides is 1. The zero-order chi connectivity index (χ0) is 26.1. The Morgan fingerprint density at radius 2 is 1.83 bits per heavy atom. The number of fused-ring (bicyclic) bond motifs is 1. The predicted octanol–water partition coefficient (Wildman–Crippen LogP) is 5.40. The minimum absolute atomic E-state index is 0.0340. The van der Waals surface area contributed by atoms with E-state index in [1.807, 2.05) is 6.07 Å². The van der Waals surface area contributed by atoms with E-state index in [1.54, 1.807) is 24.3 Å². The molecule has 0 spiro atoms. The number of aromatic nitrogens is 1. The average molecular weight is 509 g/mol. The van der Waals surface area contributed by atoms with Crippen molar-refractivity contribution in [2.24, 2.45) is 5.92 Å². The molecule has 1 aliphatic heterocycles. The van der Waals surface area contributed by atoms with Gasteiger partial charge in [0.25, 0.3) is 5.91 Å². The zero-order valence-electron chi connectivity index (χ0n) is 18.9. The normalized spacial score (nSPS) is 19.6. The van der Waals surface area contributed by atoms with Crippen molar-refractivity contribution in [1.82, 2.24) is 9.47 Å². The van der Waals surface area contributed by atoms with Crippen LogP contribution >= 0.6 is 0 Å². The Balaban J connectivity index is 1.70. The van der Waals surface area contributed by atoms with Gasteiger partial charge in [-0.25, -0.2) is 0 Å². The lowest BCUT2D eigenvalue weighted by Crippen LogP contribution is -2.41. The van der Waals surface area contributed by atoms with Gasteiger partial charge in [0, 0.05) is 42.3 Å². The van der Waals surface area contributed by atoms with Crippen molar-refractivity contribution < 1.29 is 35.9 Å². The number of ether oxygens (including phenoxy) is 1. The molecular weight excluding hydrogens is 488 g/mol. The minimum atomic E-state index is -4.91. The van der Waals surface area contributed by atoms with Crippen molar-refractivity contribution in [2.45, 2.75) is 25.3 Å². The molecule has 1 unspecified atom stereocenters. The summed E-state index contributed by atoms with van der Waals surface area (Å²) in [6.45, 7) is 1.17. The Kier molecular flexibility index (Phi) is 7.00. The van der Waals surface area contributed by atoms with Crippen molar-refractivity contribution in [2.75, 3.05) is 26.3 Å². The van der Waals surface area contributed by atoms with Gasteiger partial charge < -0.3 is 14.2 Å². The van der Waals surface area contributed by atoms with Gasteiger partial charge in [-0.3, -0.25) is 4.79 Å². The first-order chi connectivity index (χ1) is 17.0. The number of halogens is 6. The Morgan fingerprint density at radius 1 is 1.14 bits per heavy atom. The summed E-state index contributed by atoms with van der Waals surface area (Å²) >= 11 is 0. The van der Waals surface area contributed by atoms with Crippen LogP contribution in [0.3, 0.4) is 0 Å². The maximum absolute atomic E-state index is 13.4.